The molecular weight excluding hydrogens is 320 g/mol. The maximum absolute atomic E-state index is 11.5. The van der Waals surface area contributed by atoms with Gasteiger partial charge in [-0.05, 0) is 67.5 Å². The molecule has 0 spiro atoms. The van der Waals surface area contributed by atoms with Gasteiger partial charge < -0.3 is 5.32 Å². The lowest BCUT2D eigenvalue weighted by Crippen LogP contribution is -2.09. The van der Waals surface area contributed by atoms with Gasteiger partial charge in [0.15, 0.2) is 0 Å². The first kappa shape index (κ1) is 18.1. The van der Waals surface area contributed by atoms with E-state index in [4.69, 9.17) is 4.99 Å². The fourth-order valence-electron chi connectivity index (χ4n) is 3.47. The summed E-state index contributed by atoms with van der Waals surface area (Å²) < 4.78 is 0. The van der Waals surface area contributed by atoms with E-state index < -0.39 is 0 Å². The van der Waals surface area contributed by atoms with Gasteiger partial charge in [-0.15, -0.1) is 0 Å². The summed E-state index contributed by atoms with van der Waals surface area (Å²) in [7, 11) is 0. The van der Waals surface area contributed by atoms with E-state index in [1.807, 2.05) is 18.3 Å². The first-order chi connectivity index (χ1) is 12.6. The highest BCUT2D eigenvalue weighted by molar-refractivity contribution is 5.88. The lowest BCUT2D eigenvalue weighted by molar-refractivity contribution is -0.114. The van der Waals surface area contributed by atoms with Crippen LogP contribution in [-0.2, 0) is 4.79 Å². The Labute approximate surface area is 155 Å². The van der Waals surface area contributed by atoms with Gasteiger partial charge in [-0.1, -0.05) is 36.4 Å². The Morgan fingerprint density at radius 3 is 2.73 bits per heavy atom. The van der Waals surface area contributed by atoms with Crippen molar-refractivity contribution < 1.29 is 4.79 Å². The van der Waals surface area contributed by atoms with Crippen molar-refractivity contribution in [3.63, 3.8) is 0 Å². The molecule has 0 fully saturated rings. The number of carbonyl (C=O) groups is 1. The van der Waals surface area contributed by atoms with Crippen molar-refractivity contribution in [1.82, 2.24) is 0 Å². The van der Waals surface area contributed by atoms with Crippen molar-refractivity contribution in [2.45, 2.75) is 46.0 Å². The molecule has 0 saturated carbocycles. The van der Waals surface area contributed by atoms with Crippen molar-refractivity contribution in [1.29, 1.82) is 0 Å². The highest BCUT2D eigenvalue weighted by Crippen LogP contribution is 2.37. The predicted molar refractivity (Wildman–Crippen MR) is 109 cm³/mol. The quantitative estimate of drug-likeness (QED) is 0.776. The van der Waals surface area contributed by atoms with Crippen LogP contribution in [0.3, 0.4) is 0 Å². The van der Waals surface area contributed by atoms with Gasteiger partial charge in [-0.2, -0.15) is 0 Å². The van der Waals surface area contributed by atoms with Crippen molar-refractivity contribution in [3.05, 3.63) is 76.5 Å². The minimum Gasteiger partial charge on any atom is -0.326 e. The van der Waals surface area contributed by atoms with Crippen molar-refractivity contribution >= 4 is 17.8 Å². The molecule has 1 unspecified atom stereocenters. The van der Waals surface area contributed by atoms with Gasteiger partial charge >= 0.3 is 0 Å². The van der Waals surface area contributed by atoms with E-state index >= 15 is 0 Å². The van der Waals surface area contributed by atoms with Gasteiger partial charge in [0.05, 0.1) is 5.92 Å². The third-order valence-corrected chi connectivity index (χ3v) is 4.92. The van der Waals surface area contributed by atoms with E-state index in [-0.39, 0.29) is 11.8 Å². The summed E-state index contributed by atoms with van der Waals surface area (Å²) in [5.41, 5.74) is 6.91. The molecule has 0 radical (unpaired) electrons. The first-order valence-electron chi connectivity index (χ1n) is 9.22. The largest absolute Gasteiger partial charge is 0.326 e. The maximum atomic E-state index is 11.5. The molecule has 2 aromatic rings. The molecular formula is C23H26N2O. The monoisotopic (exact) mass is 346 g/mol. The van der Waals surface area contributed by atoms with Crippen LogP contribution in [0.5, 0.6) is 0 Å². The Morgan fingerprint density at radius 1 is 1.12 bits per heavy atom. The van der Waals surface area contributed by atoms with Gasteiger partial charge in [0.1, 0.15) is 0 Å². The number of amides is 1. The zero-order valence-electron chi connectivity index (χ0n) is 15.8. The van der Waals surface area contributed by atoms with Crippen LogP contribution < -0.4 is 5.32 Å². The van der Waals surface area contributed by atoms with Crippen LogP contribution in [0.15, 0.2) is 59.2 Å². The van der Waals surface area contributed by atoms with E-state index in [2.05, 4.69) is 55.6 Å². The van der Waals surface area contributed by atoms with Crippen LogP contribution in [0.2, 0.25) is 0 Å². The number of aliphatic imine (C=N–C) groups is 1. The molecule has 1 aliphatic heterocycles. The number of allylic oxidation sites excluding steroid dienone is 2. The number of anilines is 1. The minimum absolute atomic E-state index is 0.0582. The SMILES string of the molecule is CC(=O)Nc1cccc(C(C2=CCCCC=N2)c2cccc(C)c2C)c1. The first-order valence-corrected chi connectivity index (χ1v) is 9.22. The Morgan fingerprint density at radius 2 is 1.92 bits per heavy atom. The molecule has 1 heterocycles. The standard InChI is InChI=1S/C23H26N2O/c1-16-9-7-12-21(17(16)2)23(22-13-5-4-6-14-24-22)19-10-8-11-20(15-19)25-18(3)26/h7-15,23H,4-6H2,1-3H3,(H,25,26). The lowest BCUT2D eigenvalue weighted by Gasteiger charge is -2.22. The highest BCUT2D eigenvalue weighted by atomic mass is 16.1. The second kappa shape index (κ2) is 8.13. The van der Waals surface area contributed by atoms with Crippen LogP contribution in [-0.4, -0.2) is 12.1 Å². The number of rotatable bonds is 4. The number of nitrogens with zero attached hydrogens (tertiary/aromatic N) is 1. The molecule has 1 atom stereocenters. The summed E-state index contributed by atoms with van der Waals surface area (Å²) in [4.78, 5) is 16.3. The van der Waals surface area contributed by atoms with Crippen LogP contribution >= 0.6 is 0 Å². The number of nitrogens with one attached hydrogen (secondary N) is 1. The topological polar surface area (TPSA) is 41.5 Å². The van der Waals surface area contributed by atoms with Gasteiger partial charge in [0, 0.05) is 24.5 Å². The van der Waals surface area contributed by atoms with Crippen molar-refractivity contribution in [3.8, 4) is 0 Å². The van der Waals surface area contributed by atoms with E-state index in [1.54, 1.807) is 0 Å². The van der Waals surface area contributed by atoms with E-state index in [0.717, 1.165) is 36.2 Å². The maximum Gasteiger partial charge on any atom is 0.221 e. The highest BCUT2D eigenvalue weighted by Gasteiger charge is 2.22. The summed E-state index contributed by atoms with van der Waals surface area (Å²) in [6.45, 7) is 5.86. The second-order valence-corrected chi connectivity index (χ2v) is 6.90. The van der Waals surface area contributed by atoms with E-state index in [0.29, 0.717) is 0 Å². The second-order valence-electron chi connectivity index (χ2n) is 6.90. The fourth-order valence-corrected chi connectivity index (χ4v) is 3.47. The molecule has 0 bridgehead atoms. The van der Waals surface area contributed by atoms with Crippen LogP contribution in [0.1, 0.15) is 54.4 Å². The summed E-state index contributed by atoms with van der Waals surface area (Å²) >= 11 is 0. The number of hydrogen-bond donors (Lipinski definition) is 1. The summed E-state index contributed by atoms with van der Waals surface area (Å²) in [5, 5.41) is 2.90. The Hall–Kier alpha value is -2.68. The Kier molecular flexibility index (Phi) is 5.67. The molecule has 26 heavy (non-hydrogen) atoms. The molecule has 134 valence electrons. The Bertz CT molecular complexity index is 864. The van der Waals surface area contributed by atoms with E-state index in [1.165, 1.54) is 23.6 Å². The van der Waals surface area contributed by atoms with Crippen LogP contribution in [0.4, 0.5) is 5.69 Å². The normalized spacial score (nSPS) is 15.1. The third-order valence-electron chi connectivity index (χ3n) is 4.92. The van der Waals surface area contributed by atoms with Crippen molar-refractivity contribution in [2.24, 2.45) is 4.99 Å². The smallest absolute Gasteiger partial charge is 0.221 e. The summed E-state index contributed by atoms with van der Waals surface area (Å²) in [6.07, 6.45) is 7.50. The molecule has 0 aliphatic carbocycles. The molecule has 1 amide bonds. The predicted octanol–water partition coefficient (Wildman–Crippen LogP) is 5.53. The summed E-state index contributed by atoms with van der Waals surface area (Å²) in [6, 6.07) is 14.6. The molecule has 3 nitrogen and oxygen atoms in total. The number of hydrogen-bond acceptors (Lipinski definition) is 2. The third kappa shape index (κ3) is 4.10. The average Bonchev–Trinajstić information content (AvgIpc) is 2.88. The van der Waals surface area contributed by atoms with Gasteiger partial charge in [0.25, 0.3) is 0 Å². The zero-order valence-corrected chi connectivity index (χ0v) is 15.8. The summed E-state index contributed by atoms with van der Waals surface area (Å²) in [5.74, 6) is 0.00935. The van der Waals surface area contributed by atoms with E-state index in [9.17, 15) is 4.79 Å². The van der Waals surface area contributed by atoms with Gasteiger partial charge in [0.2, 0.25) is 5.91 Å². The average molecular weight is 346 g/mol. The zero-order chi connectivity index (χ0) is 18.5. The van der Waals surface area contributed by atoms with Gasteiger partial charge in [-0.25, -0.2) is 0 Å². The molecule has 2 aromatic carbocycles. The van der Waals surface area contributed by atoms with Crippen molar-refractivity contribution in [2.75, 3.05) is 5.32 Å². The van der Waals surface area contributed by atoms with Crippen LogP contribution in [0.25, 0.3) is 0 Å². The fraction of sp³-hybridized carbons (Fsp3) is 0.304. The number of benzene rings is 2. The molecule has 0 aromatic heterocycles. The minimum atomic E-state index is -0.0582. The van der Waals surface area contributed by atoms with Crippen LogP contribution in [0, 0.1) is 13.8 Å². The number of carbonyl (C=O) groups excluding carboxylic acids is 1. The molecule has 1 aliphatic rings. The lowest BCUT2D eigenvalue weighted by atomic mass is 9.84. The molecule has 0 saturated heterocycles. The molecule has 3 rings (SSSR count). The molecule has 1 N–H and O–H groups in total. The molecule has 3 heteroatoms. The van der Waals surface area contributed by atoms with Gasteiger partial charge in [-0.3, -0.25) is 9.79 Å². The number of aryl methyl sites for hydroxylation is 1. The Balaban J connectivity index is 2.13.